The van der Waals surface area contributed by atoms with Crippen molar-refractivity contribution in [1.82, 2.24) is 0 Å². The van der Waals surface area contributed by atoms with Gasteiger partial charge in [-0.15, -0.1) is 11.3 Å². The van der Waals surface area contributed by atoms with Crippen LogP contribution in [0.4, 0.5) is 5.00 Å². The number of thiophene rings is 1. The van der Waals surface area contributed by atoms with Crippen LogP contribution in [0.1, 0.15) is 31.1 Å². The summed E-state index contributed by atoms with van der Waals surface area (Å²) in [7, 11) is 0. The molecule has 2 N–H and O–H groups in total. The fourth-order valence-electron chi connectivity index (χ4n) is 2.13. The van der Waals surface area contributed by atoms with E-state index in [4.69, 9.17) is 16.3 Å². The van der Waals surface area contributed by atoms with E-state index >= 15 is 0 Å². The Kier molecular flexibility index (Phi) is 6.26. The predicted octanol–water partition coefficient (Wildman–Crippen LogP) is 4.93. The summed E-state index contributed by atoms with van der Waals surface area (Å²) in [5.41, 5.74) is 0.237. The number of ether oxygens (including phenoxy) is 1. The van der Waals surface area contributed by atoms with E-state index in [9.17, 15) is 20.0 Å². The molecule has 0 spiro atoms. The number of nitriles is 1. The van der Waals surface area contributed by atoms with E-state index < -0.39 is 17.5 Å². The van der Waals surface area contributed by atoms with Gasteiger partial charge in [0.25, 0.3) is 0 Å². The zero-order valence-electron chi connectivity index (χ0n) is 14.9. The zero-order chi connectivity index (χ0) is 20.2. The Hall–Kier alpha value is -2.82. The van der Waals surface area contributed by atoms with Gasteiger partial charge in [0.15, 0.2) is 5.57 Å². The minimum Gasteiger partial charge on any atom is -0.478 e. The number of benzene rings is 1. The molecule has 2 rings (SSSR count). The largest absolute Gasteiger partial charge is 0.478 e. The fraction of sp³-hybridized carbons (Fsp3) is 0.211. The zero-order valence-corrected chi connectivity index (χ0v) is 16.4. The number of esters is 1. The van der Waals surface area contributed by atoms with Gasteiger partial charge in [0, 0.05) is 22.2 Å². The first-order valence-electron chi connectivity index (χ1n) is 7.83. The van der Waals surface area contributed by atoms with Crippen LogP contribution >= 0.6 is 22.9 Å². The molecule has 0 unspecified atom stereocenters. The normalized spacial score (nSPS) is 11.6. The number of nitrogens with zero attached hydrogens (tertiary/aromatic N) is 1. The lowest BCUT2D eigenvalue weighted by Gasteiger charge is -2.18. The Morgan fingerprint density at radius 2 is 1.93 bits per heavy atom. The second kappa shape index (κ2) is 8.25. The average molecular weight is 405 g/mol. The summed E-state index contributed by atoms with van der Waals surface area (Å²) in [6.07, 6.45) is 1.15. The molecule has 1 aromatic heterocycles. The molecule has 0 aliphatic carbocycles. The summed E-state index contributed by atoms with van der Waals surface area (Å²) in [5, 5.41) is 24.0. The van der Waals surface area contributed by atoms with E-state index in [2.05, 4.69) is 5.32 Å². The third-order valence-electron chi connectivity index (χ3n) is 3.25. The predicted molar refractivity (Wildman–Crippen MR) is 105 cm³/mol. The molecule has 27 heavy (non-hydrogen) atoms. The topological polar surface area (TPSA) is 99.4 Å². The minimum absolute atomic E-state index is 0.0417. The van der Waals surface area contributed by atoms with Gasteiger partial charge in [-0.2, -0.15) is 5.26 Å². The maximum absolute atomic E-state index is 12.0. The number of carbonyl (C=O) groups is 2. The molecule has 1 aromatic carbocycles. The lowest BCUT2D eigenvalue weighted by atomic mass is 10.0. The average Bonchev–Trinajstić information content (AvgIpc) is 2.98. The molecule has 0 saturated heterocycles. The third-order valence-corrected chi connectivity index (χ3v) is 4.41. The summed E-state index contributed by atoms with van der Waals surface area (Å²) in [6.45, 7) is 5.06. The lowest BCUT2D eigenvalue weighted by Crippen LogP contribution is -2.24. The Morgan fingerprint density at radius 3 is 2.44 bits per heavy atom. The highest BCUT2D eigenvalue weighted by molar-refractivity contribution is 7.15. The van der Waals surface area contributed by atoms with Crippen molar-refractivity contribution in [2.45, 2.75) is 26.4 Å². The summed E-state index contributed by atoms with van der Waals surface area (Å²) >= 11 is 7.02. The number of hydrogen-bond donors (Lipinski definition) is 2. The van der Waals surface area contributed by atoms with Crippen LogP contribution in [0.3, 0.4) is 0 Å². The number of halogens is 1. The van der Waals surface area contributed by atoms with Gasteiger partial charge in [0.2, 0.25) is 0 Å². The Bertz CT molecular complexity index is 934. The van der Waals surface area contributed by atoms with E-state index in [1.54, 1.807) is 56.5 Å². The number of aromatic carboxylic acids is 1. The first-order valence-corrected chi connectivity index (χ1v) is 9.09. The molecule has 6 nitrogen and oxygen atoms in total. The molecule has 0 radical (unpaired) electrons. The lowest BCUT2D eigenvalue weighted by molar-refractivity contribution is -0.149. The van der Waals surface area contributed by atoms with Crippen molar-refractivity contribution < 1.29 is 19.4 Å². The summed E-state index contributed by atoms with van der Waals surface area (Å²) in [5.74, 6) is -1.92. The second-order valence-corrected chi connectivity index (χ2v) is 7.80. The molecule has 0 fully saturated rings. The molecule has 140 valence electrons. The van der Waals surface area contributed by atoms with Crippen LogP contribution in [0, 0.1) is 11.3 Å². The smallest absolute Gasteiger partial charge is 0.350 e. The van der Waals surface area contributed by atoms with E-state index in [1.807, 2.05) is 0 Å². The minimum atomic E-state index is -1.13. The maximum Gasteiger partial charge on any atom is 0.350 e. The van der Waals surface area contributed by atoms with Gasteiger partial charge < -0.3 is 15.2 Å². The van der Waals surface area contributed by atoms with Crippen molar-refractivity contribution in [2.75, 3.05) is 5.32 Å². The number of carboxylic acids is 1. The quantitative estimate of drug-likeness (QED) is 0.416. The molecule has 8 heteroatoms. The SMILES string of the molecule is CC(C)(C)OC(=O)C(C#N)=CNc1scc(-c2ccc(Cl)cc2)c1C(=O)O. The molecule has 1 heterocycles. The maximum atomic E-state index is 12.0. The Balaban J connectivity index is 2.34. The monoisotopic (exact) mass is 404 g/mol. The van der Waals surface area contributed by atoms with E-state index in [1.165, 1.54) is 0 Å². The number of hydrogen-bond acceptors (Lipinski definition) is 6. The van der Waals surface area contributed by atoms with Crippen LogP contribution in [0.25, 0.3) is 11.1 Å². The van der Waals surface area contributed by atoms with Crippen LogP contribution < -0.4 is 5.32 Å². The highest BCUT2D eigenvalue weighted by Gasteiger charge is 2.22. The number of carbonyl (C=O) groups excluding carboxylic acids is 1. The first kappa shape index (κ1) is 20.5. The highest BCUT2D eigenvalue weighted by atomic mass is 35.5. The van der Waals surface area contributed by atoms with Crippen LogP contribution in [-0.2, 0) is 9.53 Å². The van der Waals surface area contributed by atoms with Crippen molar-refractivity contribution >= 4 is 39.9 Å². The van der Waals surface area contributed by atoms with Crippen LogP contribution in [0.2, 0.25) is 5.02 Å². The molecule has 0 saturated carbocycles. The second-order valence-electron chi connectivity index (χ2n) is 6.48. The van der Waals surface area contributed by atoms with Gasteiger partial charge in [0.05, 0.1) is 0 Å². The van der Waals surface area contributed by atoms with Gasteiger partial charge >= 0.3 is 11.9 Å². The molecule has 0 atom stereocenters. The molecule has 0 bridgehead atoms. The molecule has 2 aromatic rings. The third kappa shape index (κ3) is 5.33. The first-order chi connectivity index (χ1) is 12.6. The number of anilines is 1. The van der Waals surface area contributed by atoms with E-state index in [0.717, 1.165) is 17.5 Å². The van der Waals surface area contributed by atoms with Crippen molar-refractivity contribution in [2.24, 2.45) is 0 Å². The molecule has 0 aliphatic rings. The Labute approximate surface area is 165 Å². The van der Waals surface area contributed by atoms with Gasteiger partial charge in [-0.25, -0.2) is 9.59 Å². The van der Waals surface area contributed by atoms with Crippen molar-refractivity contribution in [3.05, 3.63) is 52.0 Å². The summed E-state index contributed by atoms with van der Waals surface area (Å²) in [4.78, 5) is 23.8. The molecule has 0 amide bonds. The molecular weight excluding hydrogens is 388 g/mol. The number of carboxylic acid groups (broad SMARTS) is 1. The van der Waals surface area contributed by atoms with Gasteiger partial charge in [-0.1, -0.05) is 23.7 Å². The van der Waals surface area contributed by atoms with Gasteiger partial charge in [-0.05, 0) is 38.5 Å². The van der Waals surface area contributed by atoms with Crippen molar-refractivity contribution in [3.63, 3.8) is 0 Å². The fourth-order valence-corrected chi connectivity index (χ4v) is 3.18. The van der Waals surface area contributed by atoms with Gasteiger partial charge in [0.1, 0.15) is 22.2 Å². The summed E-state index contributed by atoms with van der Waals surface area (Å²) < 4.78 is 5.15. The number of nitrogens with one attached hydrogen (secondary N) is 1. The highest BCUT2D eigenvalue weighted by Crippen LogP contribution is 2.36. The van der Waals surface area contributed by atoms with Crippen molar-refractivity contribution in [3.8, 4) is 17.2 Å². The van der Waals surface area contributed by atoms with Crippen LogP contribution in [-0.4, -0.2) is 22.6 Å². The molecule has 0 aliphatic heterocycles. The van der Waals surface area contributed by atoms with Crippen LogP contribution in [0.15, 0.2) is 41.4 Å². The summed E-state index contributed by atoms with van der Waals surface area (Å²) in [6, 6.07) is 8.54. The van der Waals surface area contributed by atoms with Crippen molar-refractivity contribution in [1.29, 1.82) is 5.26 Å². The molecular formula is C19H17ClN2O4S. The van der Waals surface area contributed by atoms with Gasteiger partial charge in [-0.3, -0.25) is 0 Å². The number of rotatable bonds is 5. The van der Waals surface area contributed by atoms with E-state index in [0.29, 0.717) is 21.2 Å². The van der Waals surface area contributed by atoms with Crippen LogP contribution in [0.5, 0.6) is 0 Å². The standard InChI is InChI=1S/C19H17ClN2O4S/c1-19(2,3)26-18(25)12(8-21)9-22-16-15(17(23)24)14(10-27-16)11-4-6-13(20)7-5-11/h4-7,9-10,22H,1-3H3,(H,23,24). The Morgan fingerprint density at radius 1 is 1.30 bits per heavy atom. The van der Waals surface area contributed by atoms with E-state index in [-0.39, 0.29) is 11.1 Å².